The van der Waals surface area contributed by atoms with Crippen molar-refractivity contribution >= 4 is 11.9 Å². The first kappa shape index (κ1) is 12.0. The molecule has 0 aromatic heterocycles. The van der Waals surface area contributed by atoms with E-state index < -0.39 is 40.5 Å². The molecule has 86 valence electrons. The summed E-state index contributed by atoms with van der Waals surface area (Å²) in [5.41, 5.74) is -2.76. The van der Waals surface area contributed by atoms with Crippen molar-refractivity contribution < 1.29 is 37.3 Å². The van der Waals surface area contributed by atoms with Crippen LogP contribution >= 0.6 is 0 Å². The average molecular weight is 238 g/mol. The van der Waals surface area contributed by atoms with Gasteiger partial charge in [-0.1, -0.05) is 0 Å². The molecular formula is C8H2F4O4. The van der Waals surface area contributed by atoms with E-state index in [2.05, 4.69) is 4.94 Å². The van der Waals surface area contributed by atoms with Crippen LogP contribution in [0.4, 0.5) is 17.7 Å². The zero-order valence-electron chi connectivity index (χ0n) is 7.26. The Kier molecular flexibility index (Phi) is 3.11. The molecule has 4 nitrogen and oxygen atoms in total. The molecule has 0 saturated heterocycles. The summed E-state index contributed by atoms with van der Waals surface area (Å²) in [7, 11) is 0. The highest BCUT2D eigenvalue weighted by Crippen LogP contribution is 2.21. The number of benzene rings is 1. The van der Waals surface area contributed by atoms with E-state index in [-0.39, 0.29) is 6.07 Å². The predicted octanol–water partition coefficient (Wildman–Crippen LogP) is 1.84. The summed E-state index contributed by atoms with van der Waals surface area (Å²) in [6.45, 7) is 0. The molecule has 0 radical (unpaired) electrons. The van der Waals surface area contributed by atoms with Crippen molar-refractivity contribution in [2.75, 3.05) is 0 Å². The average Bonchev–Trinajstić information content (AvgIpc) is 2.23. The number of carbonyl (C=O) groups excluding carboxylic acids is 1. The van der Waals surface area contributed by atoms with E-state index >= 15 is 0 Å². The van der Waals surface area contributed by atoms with Crippen molar-refractivity contribution in [2.45, 2.75) is 0 Å². The molecule has 1 rings (SSSR count). The van der Waals surface area contributed by atoms with Crippen LogP contribution in [0.1, 0.15) is 20.7 Å². The van der Waals surface area contributed by atoms with Crippen LogP contribution in [-0.2, 0) is 4.94 Å². The van der Waals surface area contributed by atoms with Gasteiger partial charge in [-0.05, 0) is 6.07 Å². The number of carbonyl (C=O) groups is 2. The second-order valence-corrected chi connectivity index (χ2v) is 2.58. The van der Waals surface area contributed by atoms with Crippen LogP contribution in [-0.4, -0.2) is 17.0 Å². The fourth-order valence-electron chi connectivity index (χ4n) is 1.01. The maximum atomic E-state index is 12.9. The highest BCUT2D eigenvalue weighted by Gasteiger charge is 2.28. The summed E-state index contributed by atoms with van der Waals surface area (Å²) in [6, 6.07) is 0.0315. The molecule has 0 amide bonds. The third kappa shape index (κ3) is 1.81. The normalized spacial score (nSPS) is 10.0. The minimum absolute atomic E-state index is 0.0315. The summed E-state index contributed by atoms with van der Waals surface area (Å²) < 4.78 is 49.7. The van der Waals surface area contributed by atoms with Crippen molar-refractivity contribution in [3.8, 4) is 0 Å². The summed E-state index contributed by atoms with van der Waals surface area (Å²) in [6.07, 6.45) is 0. The van der Waals surface area contributed by atoms with Gasteiger partial charge in [0.25, 0.3) is 0 Å². The van der Waals surface area contributed by atoms with Crippen LogP contribution in [0.5, 0.6) is 0 Å². The second kappa shape index (κ2) is 4.17. The summed E-state index contributed by atoms with van der Waals surface area (Å²) in [5.74, 6) is -10.0. The molecule has 0 saturated carbocycles. The van der Waals surface area contributed by atoms with E-state index in [0.717, 1.165) is 0 Å². The molecule has 0 unspecified atom stereocenters. The van der Waals surface area contributed by atoms with Gasteiger partial charge >= 0.3 is 11.9 Å². The van der Waals surface area contributed by atoms with Crippen LogP contribution in [0.3, 0.4) is 0 Å². The largest absolute Gasteiger partial charge is 0.478 e. The van der Waals surface area contributed by atoms with E-state index in [0.29, 0.717) is 0 Å². The zero-order valence-corrected chi connectivity index (χ0v) is 7.26. The van der Waals surface area contributed by atoms with E-state index in [1.165, 1.54) is 0 Å². The van der Waals surface area contributed by atoms with Gasteiger partial charge in [-0.15, -0.1) is 0 Å². The van der Waals surface area contributed by atoms with Crippen LogP contribution in [0, 0.1) is 17.5 Å². The molecular weight excluding hydrogens is 236 g/mol. The zero-order chi connectivity index (χ0) is 12.5. The Morgan fingerprint density at radius 3 is 2.19 bits per heavy atom. The highest BCUT2D eigenvalue weighted by molar-refractivity contribution is 6.02. The molecule has 0 spiro atoms. The summed E-state index contributed by atoms with van der Waals surface area (Å²) in [5, 5.41) is 8.45. The molecule has 0 atom stereocenters. The molecule has 0 aliphatic rings. The van der Waals surface area contributed by atoms with Gasteiger partial charge in [0.05, 0.1) is 5.56 Å². The van der Waals surface area contributed by atoms with Gasteiger partial charge in [-0.25, -0.2) is 27.7 Å². The number of rotatable bonds is 2. The first-order chi connectivity index (χ1) is 7.40. The Morgan fingerprint density at radius 1 is 1.19 bits per heavy atom. The molecule has 0 fully saturated rings. The van der Waals surface area contributed by atoms with E-state index in [1.54, 1.807) is 0 Å². The molecule has 8 heteroatoms. The van der Waals surface area contributed by atoms with Crippen LogP contribution in [0.15, 0.2) is 6.07 Å². The molecule has 1 N–H and O–H groups in total. The van der Waals surface area contributed by atoms with Gasteiger partial charge in [0.15, 0.2) is 17.5 Å². The van der Waals surface area contributed by atoms with Gasteiger partial charge in [-0.3, -0.25) is 0 Å². The van der Waals surface area contributed by atoms with Crippen molar-refractivity contribution in [1.82, 2.24) is 0 Å². The molecule has 0 bridgehead atoms. The lowest BCUT2D eigenvalue weighted by Crippen LogP contribution is -2.14. The standard InChI is InChI=1S/C8H2F4O4/c9-3-1-2(8(15)16-12)4(7(13)14)6(11)5(3)10/h1H,(H,13,14). The van der Waals surface area contributed by atoms with E-state index in [4.69, 9.17) is 5.11 Å². The Morgan fingerprint density at radius 2 is 1.75 bits per heavy atom. The topological polar surface area (TPSA) is 63.6 Å². The Bertz CT molecular complexity index is 472. The number of carboxylic acids is 1. The fraction of sp³-hybridized carbons (Fsp3) is 0. The highest BCUT2D eigenvalue weighted by atomic mass is 19.3. The lowest BCUT2D eigenvalue weighted by molar-refractivity contribution is -0.0789. The Labute approximate surface area is 85.0 Å². The van der Waals surface area contributed by atoms with Crippen LogP contribution in [0.2, 0.25) is 0 Å². The molecule has 0 heterocycles. The lowest BCUT2D eigenvalue weighted by atomic mass is 10.1. The quantitative estimate of drug-likeness (QED) is 0.630. The first-order valence-electron chi connectivity index (χ1n) is 3.63. The molecule has 16 heavy (non-hydrogen) atoms. The van der Waals surface area contributed by atoms with Gasteiger partial charge in [0.1, 0.15) is 5.56 Å². The third-order valence-corrected chi connectivity index (χ3v) is 1.67. The minimum Gasteiger partial charge on any atom is -0.478 e. The summed E-state index contributed by atoms with van der Waals surface area (Å²) in [4.78, 5) is 23.7. The van der Waals surface area contributed by atoms with Crippen LogP contribution < -0.4 is 0 Å². The number of hydrogen-bond acceptors (Lipinski definition) is 3. The summed E-state index contributed by atoms with van der Waals surface area (Å²) >= 11 is 0. The minimum atomic E-state index is -2.10. The number of carboxylic acid groups (broad SMARTS) is 1. The molecule has 1 aromatic carbocycles. The molecule has 0 aliphatic carbocycles. The third-order valence-electron chi connectivity index (χ3n) is 1.67. The molecule has 1 aromatic rings. The maximum absolute atomic E-state index is 12.9. The number of halogens is 4. The monoisotopic (exact) mass is 238 g/mol. The van der Waals surface area contributed by atoms with E-state index in [1.807, 2.05) is 0 Å². The van der Waals surface area contributed by atoms with Crippen LogP contribution in [0.25, 0.3) is 0 Å². The lowest BCUT2D eigenvalue weighted by Gasteiger charge is -2.04. The van der Waals surface area contributed by atoms with Crippen molar-refractivity contribution in [2.24, 2.45) is 0 Å². The first-order valence-corrected chi connectivity index (χ1v) is 3.63. The van der Waals surface area contributed by atoms with Gasteiger partial charge in [-0.2, -0.15) is 0 Å². The van der Waals surface area contributed by atoms with Gasteiger partial charge < -0.3 is 5.11 Å². The smallest absolute Gasteiger partial charge is 0.380 e. The Balaban J connectivity index is 3.60. The van der Waals surface area contributed by atoms with Gasteiger partial charge in [0.2, 0.25) is 0 Å². The predicted molar refractivity (Wildman–Crippen MR) is 39.8 cm³/mol. The maximum Gasteiger partial charge on any atom is 0.380 e. The SMILES string of the molecule is O=C(OF)c1cc(F)c(F)c(F)c1C(=O)O. The van der Waals surface area contributed by atoms with Crippen molar-refractivity contribution in [3.05, 3.63) is 34.6 Å². The van der Waals surface area contributed by atoms with Gasteiger partial charge in [0, 0.05) is 4.53 Å². The van der Waals surface area contributed by atoms with E-state index in [9.17, 15) is 27.3 Å². The van der Waals surface area contributed by atoms with Crippen molar-refractivity contribution in [3.63, 3.8) is 0 Å². The Hall–Kier alpha value is -2.12. The fourth-order valence-corrected chi connectivity index (χ4v) is 1.01. The number of aromatic carboxylic acids is 1. The number of hydrogen-bond donors (Lipinski definition) is 1. The van der Waals surface area contributed by atoms with Crippen molar-refractivity contribution in [1.29, 1.82) is 0 Å². The second-order valence-electron chi connectivity index (χ2n) is 2.58. The molecule has 0 aliphatic heterocycles.